The molecule has 4 bridgehead atoms. The van der Waals surface area contributed by atoms with Crippen LogP contribution in [0.15, 0.2) is 22.3 Å². The van der Waals surface area contributed by atoms with Gasteiger partial charge in [-0.05, 0) is 82.4 Å². The van der Waals surface area contributed by atoms with Crippen molar-refractivity contribution < 1.29 is 4.79 Å². The highest BCUT2D eigenvalue weighted by atomic mass is 32.1. The van der Waals surface area contributed by atoms with Gasteiger partial charge in [-0.15, -0.1) is 11.3 Å². The van der Waals surface area contributed by atoms with Crippen LogP contribution in [0.1, 0.15) is 65.3 Å². The first-order valence-corrected chi connectivity index (χ1v) is 11.9. The molecule has 1 amide bonds. The highest BCUT2D eigenvalue weighted by Gasteiger charge is 2.51. The van der Waals surface area contributed by atoms with Crippen LogP contribution in [-0.4, -0.2) is 33.4 Å². The summed E-state index contributed by atoms with van der Waals surface area (Å²) in [6.45, 7) is 3.32. The number of carbonyl (C=O) groups excluding carboxylic acids is 1. The van der Waals surface area contributed by atoms with Crippen LogP contribution in [0.2, 0.25) is 0 Å². The Balaban J connectivity index is 1.24. The lowest BCUT2D eigenvalue weighted by molar-refractivity contribution is -0.0167. The molecule has 0 atom stereocenters. The number of rotatable bonds is 6. The number of aromatic amines is 1. The molecule has 4 fully saturated rings. The lowest BCUT2D eigenvalue weighted by Gasteiger charge is -2.56. The molecule has 160 valence electrons. The summed E-state index contributed by atoms with van der Waals surface area (Å²) in [7, 11) is 2.00. The summed E-state index contributed by atoms with van der Waals surface area (Å²) < 4.78 is 0. The van der Waals surface area contributed by atoms with Crippen molar-refractivity contribution in [3.63, 3.8) is 0 Å². The Bertz CT molecular complexity index is 975. The lowest BCUT2D eigenvalue weighted by atomic mass is 9.53. The van der Waals surface area contributed by atoms with Gasteiger partial charge < -0.3 is 10.3 Å². The zero-order valence-corrected chi connectivity index (χ0v) is 18.6. The molecule has 7 heteroatoms. The molecule has 2 aromatic rings. The van der Waals surface area contributed by atoms with E-state index in [4.69, 9.17) is 0 Å². The number of aryl methyl sites for hydroxylation is 1. The van der Waals surface area contributed by atoms with E-state index < -0.39 is 0 Å². The fourth-order valence-corrected chi connectivity index (χ4v) is 7.07. The van der Waals surface area contributed by atoms with Gasteiger partial charge >= 0.3 is 0 Å². The molecule has 2 heterocycles. The molecule has 0 saturated heterocycles. The van der Waals surface area contributed by atoms with Crippen LogP contribution in [0.3, 0.4) is 0 Å². The van der Waals surface area contributed by atoms with Crippen LogP contribution in [0, 0.1) is 24.7 Å². The number of nitrogens with one attached hydrogen (secondary N) is 2. The van der Waals surface area contributed by atoms with E-state index in [0.29, 0.717) is 6.54 Å². The molecular formula is C23H30N4O2S. The van der Waals surface area contributed by atoms with Crippen LogP contribution in [0.4, 0.5) is 0 Å². The average molecular weight is 427 g/mol. The zero-order chi connectivity index (χ0) is 20.9. The van der Waals surface area contributed by atoms with E-state index in [1.807, 2.05) is 20.0 Å². The van der Waals surface area contributed by atoms with Gasteiger partial charge in [0.05, 0.1) is 10.7 Å². The maximum absolute atomic E-state index is 13.0. The minimum atomic E-state index is -0.298. The maximum atomic E-state index is 13.0. The SMILES string of the molecule is Cc1nc(CN(C)Cc2ccc(C(=O)NC34CC5CC(CC(C5)C3)C4)c(=O)[nH]2)cs1. The van der Waals surface area contributed by atoms with Crippen LogP contribution >= 0.6 is 11.3 Å². The van der Waals surface area contributed by atoms with Gasteiger partial charge in [0.25, 0.3) is 11.5 Å². The number of pyridine rings is 1. The van der Waals surface area contributed by atoms with Crippen molar-refractivity contribution in [3.8, 4) is 0 Å². The van der Waals surface area contributed by atoms with Crippen LogP contribution in [-0.2, 0) is 13.1 Å². The number of hydrogen-bond donors (Lipinski definition) is 2. The Morgan fingerprint density at radius 3 is 2.43 bits per heavy atom. The molecule has 30 heavy (non-hydrogen) atoms. The van der Waals surface area contributed by atoms with Crippen LogP contribution < -0.4 is 10.9 Å². The number of carbonyl (C=O) groups is 1. The Hall–Kier alpha value is -1.99. The molecule has 2 aromatic heterocycles. The van der Waals surface area contributed by atoms with Crippen molar-refractivity contribution in [1.82, 2.24) is 20.2 Å². The highest BCUT2D eigenvalue weighted by molar-refractivity contribution is 7.09. The Labute approximate surface area is 181 Å². The van der Waals surface area contributed by atoms with E-state index in [1.165, 1.54) is 19.3 Å². The Kier molecular flexibility index (Phi) is 5.06. The van der Waals surface area contributed by atoms with Crippen molar-refractivity contribution in [2.24, 2.45) is 17.8 Å². The second kappa shape index (κ2) is 7.61. The third kappa shape index (κ3) is 3.97. The van der Waals surface area contributed by atoms with E-state index in [1.54, 1.807) is 17.4 Å². The van der Waals surface area contributed by atoms with Gasteiger partial charge in [0.1, 0.15) is 5.56 Å². The van der Waals surface area contributed by atoms with Gasteiger partial charge in [-0.3, -0.25) is 14.5 Å². The molecular weight excluding hydrogens is 396 g/mol. The number of amides is 1. The van der Waals surface area contributed by atoms with E-state index in [0.717, 1.165) is 60.0 Å². The number of hydrogen-bond acceptors (Lipinski definition) is 5. The molecule has 0 radical (unpaired) electrons. The predicted octanol–water partition coefficient (Wildman–Crippen LogP) is 3.47. The molecule has 4 saturated carbocycles. The summed E-state index contributed by atoms with van der Waals surface area (Å²) in [4.78, 5) is 35.1. The molecule has 6 nitrogen and oxygen atoms in total. The Morgan fingerprint density at radius 1 is 1.20 bits per heavy atom. The molecule has 0 spiro atoms. The maximum Gasteiger partial charge on any atom is 0.261 e. The molecule has 0 aromatic carbocycles. The van der Waals surface area contributed by atoms with E-state index in [-0.39, 0.29) is 22.6 Å². The average Bonchev–Trinajstić information content (AvgIpc) is 3.04. The van der Waals surface area contributed by atoms with Crippen molar-refractivity contribution in [2.45, 2.75) is 64.1 Å². The molecule has 6 rings (SSSR count). The zero-order valence-electron chi connectivity index (χ0n) is 17.7. The van der Waals surface area contributed by atoms with E-state index >= 15 is 0 Å². The molecule has 4 aliphatic rings. The molecule has 2 N–H and O–H groups in total. The van der Waals surface area contributed by atoms with Gasteiger partial charge in [0.15, 0.2) is 0 Å². The number of nitrogens with zero attached hydrogens (tertiary/aromatic N) is 2. The lowest BCUT2D eigenvalue weighted by Crippen LogP contribution is -2.60. The third-order valence-corrected chi connectivity index (χ3v) is 7.99. The van der Waals surface area contributed by atoms with Gasteiger partial charge in [0, 0.05) is 29.7 Å². The fraction of sp³-hybridized carbons (Fsp3) is 0.609. The van der Waals surface area contributed by atoms with Crippen molar-refractivity contribution in [3.05, 3.63) is 49.8 Å². The summed E-state index contributed by atoms with van der Waals surface area (Å²) in [5, 5.41) is 6.42. The van der Waals surface area contributed by atoms with Gasteiger partial charge in [-0.25, -0.2) is 4.98 Å². The van der Waals surface area contributed by atoms with Crippen LogP contribution in [0.5, 0.6) is 0 Å². The second-order valence-corrected chi connectivity index (χ2v) is 11.0. The van der Waals surface area contributed by atoms with Crippen molar-refractivity contribution in [1.29, 1.82) is 0 Å². The minimum Gasteiger partial charge on any atom is -0.346 e. The van der Waals surface area contributed by atoms with Crippen molar-refractivity contribution >= 4 is 17.2 Å². The first-order chi connectivity index (χ1) is 14.4. The van der Waals surface area contributed by atoms with Gasteiger partial charge in [-0.2, -0.15) is 0 Å². The number of H-pyrrole nitrogens is 1. The first kappa shape index (κ1) is 19.9. The largest absolute Gasteiger partial charge is 0.346 e. The third-order valence-electron chi connectivity index (χ3n) is 7.17. The van der Waals surface area contributed by atoms with Crippen LogP contribution in [0.25, 0.3) is 0 Å². The van der Waals surface area contributed by atoms with Crippen molar-refractivity contribution in [2.75, 3.05) is 7.05 Å². The fourth-order valence-electron chi connectivity index (χ4n) is 6.46. The second-order valence-electron chi connectivity index (χ2n) is 9.91. The smallest absolute Gasteiger partial charge is 0.261 e. The first-order valence-electron chi connectivity index (χ1n) is 11.0. The predicted molar refractivity (Wildman–Crippen MR) is 117 cm³/mol. The normalized spacial score (nSPS) is 29.5. The minimum absolute atomic E-state index is 0.0805. The topological polar surface area (TPSA) is 78.1 Å². The van der Waals surface area contributed by atoms with E-state index in [9.17, 15) is 9.59 Å². The van der Waals surface area contributed by atoms with Gasteiger partial charge in [0.2, 0.25) is 0 Å². The summed E-state index contributed by atoms with van der Waals surface area (Å²) in [6.07, 6.45) is 7.25. The monoisotopic (exact) mass is 426 g/mol. The highest BCUT2D eigenvalue weighted by Crippen LogP contribution is 2.55. The summed E-state index contributed by atoms with van der Waals surface area (Å²) in [5.41, 5.74) is 1.69. The van der Waals surface area contributed by atoms with Gasteiger partial charge in [-0.1, -0.05) is 0 Å². The number of aromatic nitrogens is 2. The summed E-state index contributed by atoms with van der Waals surface area (Å²) in [6, 6.07) is 3.55. The quantitative estimate of drug-likeness (QED) is 0.741. The summed E-state index contributed by atoms with van der Waals surface area (Å²) >= 11 is 1.64. The summed E-state index contributed by atoms with van der Waals surface area (Å²) in [5.74, 6) is 2.06. The number of thiazole rings is 1. The Morgan fingerprint density at radius 2 is 1.87 bits per heavy atom. The molecule has 0 aliphatic heterocycles. The standard InChI is InChI=1S/C23H30N4O2S/c1-14-24-19(13-30-14)12-27(2)11-18-3-4-20(21(28)25-18)22(29)26-23-8-15-5-16(9-23)7-17(6-15)10-23/h3-4,13,15-17H,5-12H2,1-2H3,(H,25,28)(H,26,29). The molecule has 4 aliphatic carbocycles. The molecule has 0 unspecified atom stereocenters. The van der Waals surface area contributed by atoms with E-state index in [2.05, 4.69) is 25.6 Å².